The Balaban J connectivity index is 1.80. The van der Waals surface area contributed by atoms with Gasteiger partial charge in [0, 0.05) is 18.7 Å². The standard InChI is InChI=1S/C20H21ClN2O5/c1-13(2)15-5-3-14(4-6-15)9-10-22-19(24)12-28-20(25)17-11-16(23(26)27)7-8-18(17)21/h3-8,11,13H,9-10,12H2,1-2H3,(H,22,24). The lowest BCUT2D eigenvalue weighted by Gasteiger charge is -2.09. The number of esters is 1. The second kappa shape index (κ2) is 9.85. The minimum absolute atomic E-state index is 0.0147. The lowest BCUT2D eigenvalue weighted by atomic mass is 10.0. The van der Waals surface area contributed by atoms with Gasteiger partial charge in [0.25, 0.3) is 11.6 Å². The molecule has 0 heterocycles. The molecule has 2 aromatic carbocycles. The molecule has 2 aromatic rings. The van der Waals surface area contributed by atoms with E-state index in [1.165, 1.54) is 17.7 Å². The summed E-state index contributed by atoms with van der Waals surface area (Å²) in [5.41, 5.74) is 1.89. The van der Waals surface area contributed by atoms with Crippen molar-refractivity contribution in [2.45, 2.75) is 26.2 Å². The van der Waals surface area contributed by atoms with E-state index < -0.39 is 23.4 Å². The molecule has 0 spiro atoms. The lowest BCUT2D eigenvalue weighted by Crippen LogP contribution is -2.30. The van der Waals surface area contributed by atoms with Crippen molar-refractivity contribution in [2.75, 3.05) is 13.2 Å². The SMILES string of the molecule is CC(C)c1ccc(CCNC(=O)COC(=O)c2cc([N+](=O)[O-])ccc2Cl)cc1. The number of nitro benzene ring substituents is 1. The summed E-state index contributed by atoms with van der Waals surface area (Å²) in [6.07, 6.45) is 0.648. The molecule has 0 saturated heterocycles. The van der Waals surface area contributed by atoms with E-state index in [9.17, 15) is 19.7 Å². The molecule has 2 rings (SSSR count). The Bertz CT molecular complexity index is 865. The van der Waals surface area contributed by atoms with Crippen LogP contribution in [-0.2, 0) is 16.0 Å². The number of halogens is 1. The van der Waals surface area contributed by atoms with Crippen molar-refractivity contribution in [1.82, 2.24) is 5.32 Å². The first-order chi connectivity index (χ1) is 13.3. The molecule has 0 radical (unpaired) electrons. The van der Waals surface area contributed by atoms with E-state index in [4.69, 9.17) is 16.3 Å². The number of hydrogen-bond donors (Lipinski definition) is 1. The fourth-order valence-electron chi connectivity index (χ4n) is 2.46. The molecule has 0 atom stereocenters. The molecule has 0 unspecified atom stereocenters. The summed E-state index contributed by atoms with van der Waals surface area (Å²) in [6.45, 7) is 4.15. The van der Waals surface area contributed by atoms with Crippen LogP contribution in [0, 0.1) is 10.1 Å². The van der Waals surface area contributed by atoms with Crippen LogP contribution in [0.2, 0.25) is 5.02 Å². The smallest absolute Gasteiger partial charge is 0.340 e. The molecule has 0 saturated carbocycles. The highest BCUT2D eigenvalue weighted by molar-refractivity contribution is 6.33. The van der Waals surface area contributed by atoms with Gasteiger partial charge in [-0.15, -0.1) is 0 Å². The number of nitrogens with one attached hydrogen (secondary N) is 1. The van der Waals surface area contributed by atoms with Crippen molar-refractivity contribution in [2.24, 2.45) is 0 Å². The Labute approximate surface area is 167 Å². The largest absolute Gasteiger partial charge is 0.452 e. The van der Waals surface area contributed by atoms with Gasteiger partial charge in [-0.25, -0.2) is 4.79 Å². The number of carbonyl (C=O) groups excluding carboxylic acids is 2. The van der Waals surface area contributed by atoms with E-state index in [0.29, 0.717) is 18.9 Å². The Morgan fingerprint density at radius 2 is 1.86 bits per heavy atom. The molecule has 0 aromatic heterocycles. The number of ether oxygens (including phenoxy) is 1. The maximum Gasteiger partial charge on any atom is 0.340 e. The number of nitro groups is 1. The summed E-state index contributed by atoms with van der Waals surface area (Å²) >= 11 is 5.87. The molecule has 28 heavy (non-hydrogen) atoms. The van der Waals surface area contributed by atoms with Gasteiger partial charge in [0.05, 0.1) is 15.5 Å². The van der Waals surface area contributed by atoms with Gasteiger partial charge in [-0.1, -0.05) is 49.7 Å². The highest BCUT2D eigenvalue weighted by Crippen LogP contribution is 2.22. The summed E-state index contributed by atoms with van der Waals surface area (Å²) in [4.78, 5) is 34.0. The monoisotopic (exact) mass is 404 g/mol. The molecule has 0 bridgehead atoms. The predicted octanol–water partition coefficient (Wildman–Crippen LogP) is 3.89. The fraction of sp³-hybridized carbons (Fsp3) is 0.300. The predicted molar refractivity (Wildman–Crippen MR) is 106 cm³/mol. The van der Waals surface area contributed by atoms with Gasteiger partial charge in [-0.05, 0) is 29.5 Å². The van der Waals surface area contributed by atoms with Crippen LogP contribution < -0.4 is 5.32 Å². The van der Waals surface area contributed by atoms with E-state index in [1.807, 2.05) is 12.1 Å². The molecule has 0 aliphatic heterocycles. The summed E-state index contributed by atoms with van der Waals surface area (Å²) in [7, 11) is 0. The molecule has 0 fully saturated rings. The van der Waals surface area contributed by atoms with Crippen LogP contribution in [0.3, 0.4) is 0 Å². The average Bonchev–Trinajstić information content (AvgIpc) is 2.66. The van der Waals surface area contributed by atoms with Gasteiger partial charge in [-0.3, -0.25) is 14.9 Å². The summed E-state index contributed by atoms with van der Waals surface area (Å²) in [5, 5.41) is 13.5. The summed E-state index contributed by atoms with van der Waals surface area (Å²) in [6, 6.07) is 11.6. The van der Waals surface area contributed by atoms with Gasteiger partial charge >= 0.3 is 5.97 Å². The second-order valence-corrected chi connectivity index (χ2v) is 6.90. The minimum atomic E-state index is -0.895. The van der Waals surface area contributed by atoms with Crippen LogP contribution in [0.4, 0.5) is 5.69 Å². The van der Waals surface area contributed by atoms with E-state index in [0.717, 1.165) is 11.6 Å². The van der Waals surface area contributed by atoms with Crippen LogP contribution in [0.1, 0.15) is 41.3 Å². The normalized spacial score (nSPS) is 10.6. The van der Waals surface area contributed by atoms with Crippen molar-refractivity contribution in [3.05, 3.63) is 74.3 Å². The molecule has 7 nitrogen and oxygen atoms in total. The first kappa shape index (κ1) is 21.4. The van der Waals surface area contributed by atoms with Crippen molar-refractivity contribution >= 4 is 29.2 Å². The topological polar surface area (TPSA) is 98.5 Å². The van der Waals surface area contributed by atoms with Crippen LogP contribution in [-0.4, -0.2) is 30.0 Å². The molecule has 148 valence electrons. The zero-order valence-electron chi connectivity index (χ0n) is 15.6. The molecule has 8 heteroatoms. The van der Waals surface area contributed by atoms with E-state index >= 15 is 0 Å². The van der Waals surface area contributed by atoms with Crippen LogP contribution in [0.25, 0.3) is 0 Å². The third kappa shape index (κ3) is 6.06. The molecular formula is C20H21ClN2O5. The van der Waals surface area contributed by atoms with Gasteiger partial charge in [0.15, 0.2) is 6.61 Å². The van der Waals surface area contributed by atoms with Crippen molar-refractivity contribution in [3.8, 4) is 0 Å². The molecule has 0 aliphatic carbocycles. The number of hydrogen-bond acceptors (Lipinski definition) is 5. The van der Waals surface area contributed by atoms with E-state index in [-0.39, 0.29) is 16.3 Å². The number of benzene rings is 2. The van der Waals surface area contributed by atoms with Crippen LogP contribution in [0.15, 0.2) is 42.5 Å². The molecular weight excluding hydrogens is 384 g/mol. The van der Waals surface area contributed by atoms with Gasteiger partial charge in [0.1, 0.15) is 0 Å². The third-order valence-electron chi connectivity index (χ3n) is 4.10. The summed E-state index contributed by atoms with van der Waals surface area (Å²) in [5.74, 6) is -0.898. The number of nitrogens with zero attached hydrogens (tertiary/aromatic N) is 1. The lowest BCUT2D eigenvalue weighted by molar-refractivity contribution is -0.384. The Morgan fingerprint density at radius 1 is 1.18 bits per heavy atom. The quantitative estimate of drug-likeness (QED) is 0.409. The van der Waals surface area contributed by atoms with Gasteiger partial charge in [-0.2, -0.15) is 0 Å². The second-order valence-electron chi connectivity index (χ2n) is 6.49. The minimum Gasteiger partial charge on any atom is -0.452 e. The third-order valence-corrected chi connectivity index (χ3v) is 4.43. The Hall–Kier alpha value is -2.93. The van der Waals surface area contributed by atoms with Gasteiger partial charge in [0.2, 0.25) is 0 Å². The molecule has 1 N–H and O–H groups in total. The van der Waals surface area contributed by atoms with Crippen molar-refractivity contribution in [3.63, 3.8) is 0 Å². The van der Waals surface area contributed by atoms with Crippen LogP contribution in [0.5, 0.6) is 0 Å². The molecule has 1 amide bonds. The number of carbonyl (C=O) groups is 2. The van der Waals surface area contributed by atoms with E-state index in [1.54, 1.807) is 0 Å². The number of non-ortho nitro benzene ring substituents is 1. The number of rotatable bonds is 8. The maximum absolute atomic E-state index is 12.0. The first-order valence-electron chi connectivity index (χ1n) is 8.74. The van der Waals surface area contributed by atoms with E-state index in [2.05, 4.69) is 31.3 Å². The van der Waals surface area contributed by atoms with Crippen molar-refractivity contribution < 1.29 is 19.2 Å². The maximum atomic E-state index is 12.0. The zero-order chi connectivity index (χ0) is 20.7. The zero-order valence-corrected chi connectivity index (χ0v) is 16.4. The Morgan fingerprint density at radius 3 is 2.46 bits per heavy atom. The number of amides is 1. The first-order valence-corrected chi connectivity index (χ1v) is 9.12. The summed E-state index contributed by atoms with van der Waals surface area (Å²) < 4.78 is 4.89. The highest BCUT2D eigenvalue weighted by atomic mass is 35.5. The van der Waals surface area contributed by atoms with Gasteiger partial charge < -0.3 is 10.1 Å². The highest BCUT2D eigenvalue weighted by Gasteiger charge is 2.18. The van der Waals surface area contributed by atoms with Crippen molar-refractivity contribution in [1.29, 1.82) is 0 Å². The molecule has 0 aliphatic rings. The fourth-order valence-corrected chi connectivity index (χ4v) is 2.65. The average molecular weight is 405 g/mol. The Kier molecular flexibility index (Phi) is 7.52. The van der Waals surface area contributed by atoms with Crippen LogP contribution >= 0.6 is 11.6 Å².